The van der Waals surface area contributed by atoms with E-state index in [0.717, 1.165) is 0 Å². The van der Waals surface area contributed by atoms with Gasteiger partial charge in [0, 0.05) is 0 Å². The Labute approximate surface area is 664 Å². The average Bonchev–Trinajstić information content (AvgIpc) is 0.737. The van der Waals surface area contributed by atoms with Gasteiger partial charge in [0.05, 0.1) is 0 Å². The van der Waals surface area contributed by atoms with Gasteiger partial charge in [-0.1, -0.05) is 437 Å². The fraction of sp³-hybridized carbons (Fsp3) is 0. The van der Waals surface area contributed by atoms with Gasteiger partial charge in [-0.05, 0) is 232 Å². The fourth-order valence-electron chi connectivity index (χ4n) is 17.7. The van der Waals surface area contributed by atoms with E-state index in [4.69, 9.17) is 0 Å². The minimum atomic E-state index is 1.22. The molecule has 0 heterocycles. The van der Waals surface area contributed by atoms with E-state index >= 15 is 0 Å². The largest absolute Gasteiger partial charge is 0.0622 e. The van der Waals surface area contributed by atoms with Crippen LogP contribution in [0.25, 0.3) is 208 Å². The van der Waals surface area contributed by atoms with Crippen molar-refractivity contribution in [2.24, 2.45) is 0 Å². The molecule has 114 heavy (non-hydrogen) atoms. The van der Waals surface area contributed by atoms with Crippen LogP contribution in [0.5, 0.6) is 0 Å². The van der Waals surface area contributed by atoms with E-state index in [1.165, 1.54) is 208 Å². The van der Waals surface area contributed by atoms with Crippen molar-refractivity contribution in [2.45, 2.75) is 0 Å². The molecule has 0 aromatic heterocycles. The number of hydrogen-bond acceptors (Lipinski definition) is 0. The quantitative estimate of drug-likeness (QED) is 0.120. The Hall–Kier alpha value is -14.8. The van der Waals surface area contributed by atoms with Crippen molar-refractivity contribution >= 4 is 97.0 Å². The van der Waals surface area contributed by atoms with E-state index < -0.39 is 0 Å². The van der Waals surface area contributed by atoms with Gasteiger partial charge in [0.1, 0.15) is 0 Å². The molecule has 0 spiro atoms. The zero-order valence-corrected chi connectivity index (χ0v) is 62.9. The van der Waals surface area contributed by atoms with Crippen LogP contribution in [0.15, 0.2) is 461 Å². The molecule has 22 aromatic rings. The first-order chi connectivity index (χ1) is 56.6. The van der Waals surface area contributed by atoms with E-state index in [1.54, 1.807) is 0 Å². The third-order valence-corrected chi connectivity index (χ3v) is 22.9. The second-order valence-electron chi connectivity index (χ2n) is 29.6. The lowest BCUT2D eigenvalue weighted by molar-refractivity contribution is 1.58. The molecule has 0 nitrogen and oxygen atoms in total. The maximum atomic E-state index is 2.39. The second-order valence-corrected chi connectivity index (χ2v) is 29.6. The van der Waals surface area contributed by atoms with E-state index in [2.05, 4.69) is 461 Å². The molecule has 22 aromatic carbocycles. The maximum absolute atomic E-state index is 2.39. The van der Waals surface area contributed by atoms with Crippen molar-refractivity contribution in [2.75, 3.05) is 0 Å². The van der Waals surface area contributed by atoms with Crippen molar-refractivity contribution < 1.29 is 0 Å². The molecule has 0 saturated carbocycles. The summed E-state index contributed by atoms with van der Waals surface area (Å²) in [6.07, 6.45) is 0. The van der Waals surface area contributed by atoms with E-state index in [9.17, 15) is 0 Å². The summed E-state index contributed by atoms with van der Waals surface area (Å²) >= 11 is 0. The predicted octanol–water partition coefficient (Wildman–Crippen LogP) is 32.1. The average molecular weight is 1450 g/mol. The van der Waals surface area contributed by atoms with Gasteiger partial charge in [0.2, 0.25) is 0 Å². The molecule has 0 atom stereocenters. The Kier molecular flexibility index (Phi) is 18.1. The van der Waals surface area contributed by atoms with E-state index in [-0.39, 0.29) is 0 Å². The van der Waals surface area contributed by atoms with Crippen molar-refractivity contribution in [3.8, 4) is 111 Å². The molecule has 0 unspecified atom stereocenters. The molecule has 0 aliphatic heterocycles. The molecule has 0 bridgehead atoms. The second kappa shape index (κ2) is 30.2. The maximum Gasteiger partial charge on any atom is -0.00201 e. The molecular formula is C114H76. The fourth-order valence-corrected chi connectivity index (χ4v) is 17.7. The summed E-state index contributed by atoms with van der Waals surface area (Å²) in [5, 5.41) is 22.9. The zero-order chi connectivity index (χ0) is 75.7. The van der Waals surface area contributed by atoms with Gasteiger partial charge < -0.3 is 0 Å². The molecule has 0 heteroatoms. The Morgan fingerprint density at radius 2 is 0.289 bits per heavy atom. The van der Waals surface area contributed by atoms with Crippen LogP contribution in [0.4, 0.5) is 0 Å². The lowest BCUT2D eigenvalue weighted by Crippen LogP contribution is -1.92. The number of rotatable bonds is 10. The van der Waals surface area contributed by atoms with Gasteiger partial charge >= 0.3 is 0 Å². The number of benzene rings is 22. The van der Waals surface area contributed by atoms with E-state index in [0.29, 0.717) is 0 Å². The monoisotopic (exact) mass is 1440 g/mol. The van der Waals surface area contributed by atoms with Gasteiger partial charge in [-0.15, -0.1) is 0 Å². The zero-order valence-electron chi connectivity index (χ0n) is 62.9. The summed E-state index contributed by atoms with van der Waals surface area (Å²) in [5.74, 6) is 0. The van der Waals surface area contributed by atoms with Crippen LogP contribution in [-0.4, -0.2) is 0 Å². The van der Waals surface area contributed by atoms with E-state index in [1.807, 2.05) is 0 Å². The third-order valence-electron chi connectivity index (χ3n) is 22.9. The Morgan fingerprint density at radius 3 is 0.623 bits per heavy atom. The van der Waals surface area contributed by atoms with Crippen molar-refractivity contribution in [1.82, 2.24) is 0 Å². The first-order valence-corrected chi connectivity index (χ1v) is 39.4. The van der Waals surface area contributed by atoms with Gasteiger partial charge in [-0.3, -0.25) is 0 Å². The smallest absolute Gasteiger partial charge is 0.00201 e. The highest BCUT2D eigenvalue weighted by atomic mass is 14.3. The molecule has 0 amide bonds. The minimum Gasteiger partial charge on any atom is -0.0622 e. The number of hydrogen-bond donors (Lipinski definition) is 0. The first-order valence-electron chi connectivity index (χ1n) is 39.4. The molecule has 22 rings (SSSR count). The number of fused-ring (bicyclic) bond motifs is 9. The Morgan fingerprint density at radius 1 is 0.0877 bits per heavy atom. The van der Waals surface area contributed by atoms with Crippen LogP contribution in [0.2, 0.25) is 0 Å². The molecule has 0 radical (unpaired) electrons. The van der Waals surface area contributed by atoms with Gasteiger partial charge in [0.15, 0.2) is 0 Å². The molecule has 0 N–H and O–H groups in total. The normalized spacial score (nSPS) is 11.3. The standard InChI is InChI=1S/C42H28.2C36H24/c1-3-14-30(15-4-1)35-26-25-34(28-40(35)31-16-5-2-6-17-31)42-38-21-11-9-19-36(38)41(37-20-10-12-22-39(37)42)33-24-23-29-13-7-8-18-32(29)27-33;1-2-10-25(11-3-1)27-18-21-28(22-19-27)35-31-14-6-8-16-33(31)36(34-17-9-7-15-32(34)35)30-23-20-26-12-4-5-13-29(26)24-30;1-2-13-26(14-3-1)29-16-6-7-17-30(29)36-33-20-10-8-18-31(33)35(32-19-9-11-21-34(32)36)28-23-22-25-12-4-5-15-27(25)24-28/h1-28H;2*1-24H. The summed E-state index contributed by atoms with van der Waals surface area (Å²) in [6, 6.07) is 167. The van der Waals surface area contributed by atoms with Crippen LogP contribution in [0.1, 0.15) is 0 Å². The lowest BCUT2D eigenvalue weighted by Gasteiger charge is -2.20. The van der Waals surface area contributed by atoms with Crippen LogP contribution >= 0.6 is 0 Å². The van der Waals surface area contributed by atoms with Crippen molar-refractivity contribution in [1.29, 1.82) is 0 Å². The molecule has 0 saturated heterocycles. The molecular weight excluding hydrogens is 1370 g/mol. The Bertz CT molecular complexity index is 7190. The lowest BCUT2D eigenvalue weighted by atomic mass is 9.83. The van der Waals surface area contributed by atoms with Gasteiger partial charge in [-0.25, -0.2) is 0 Å². The summed E-state index contributed by atoms with van der Waals surface area (Å²) in [5.41, 5.74) is 25.2. The van der Waals surface area contributed by atoms with Crippen LogP contribution in [0, 0.1) is 0 Å². The minimum absolute atomic E-state index is 1.22. The third kappa shape index (κ3) is 12.8. The predicted molar refractivity (Wildman–Crippen MR) is 491 cm³/mol. The topological polar surface area (TPSA) is 0 Å². The van der Waals surface area contributed by atoms with Gasteiger partial charge in [-0.2, -0.15) is 0 Å². The SMILES string of the molecule is c1ccc(-c2ccc(-c3c4ccccc4c(-c4ccc5ccccc5c4)c4ccccc34)cc2)cc1.c1ccc(-c2ccc(-c3c4ccccc4c(-c4ccc5ccccc5c4)c4ccccc34)cc2-c2ccccc2)cc1.c1ccc(-c2ccccc2-c2c3ccccc3c(-c3ccc4ccccc4c3)c3ccccc23)cc1. The molecule has 0 aliphatic carbocycles. The van der Waals surface area contributed by atoms with Crippen molar-refractivity contribution in [3.63, 3.8) is 0 Å². The molecule has 0 aliphatic rings. The van der Waals surface area contributed by atoms with Crippen LogP contribution in [0.3, 0.4) is 0 Å². The molecule has 0 fully saturated rings. The van der Waals surface area contributed by atoms with Crippen LogP contribution in [-0.2, 0) is 0 Å². The summed E-state index contributed by atoms with van der Waals surface area (Å²) < 4.78 is 0. The van der Waals surface area contributed by atoms with Gasteiger partial charge in [0.25, 0.3) is 0 Å². The first kappa shape index (κ1) is 68.5. The highest BCUT2D eigenvalue weighted by molar-refractivity contribution is 6.25. The summed E-state index contributed by atoms with van der Waals surface area (Å²) in [7, 11) is 0. The van der Waals surface area contributed by atoms with Crippen molar-refractivity contribution in [3.05, 3.63) is 461 Å². The summed E-state index contributed by atoms with van der Waals surface area (Å²) in [4.78, 5) is 0. The highest BCUT2D eigenvalue weighted by Crippen LogP contribution is 2.50. The molecule has 532 valence electrons. The highest BCUT2D eigenvalue weighted by Gasteiger charge is 2.23. The Balaban J connectivity index is 0.000000111. The summed E-state index contributed by atoms with van der Waals surface area (Å²) in [6.45, 7) is 0. The van der Waals surface area contributed by atoms with Crippen LogP contribution < -0.4 is 0 Å².